The predicted octanol–water partition coefficient (Wildman–Crippen LogP) is 7.59. The zero-order chi connectivity index (χ0) is 22.2. The summed E-state index contributed by atoms with van der Waals surface area (Å²) in [6, 6.07) is 23.1. The number of carbonyl (C=O) groups excluding carboxylic acids is 1. The molecule has 31 heavy (non-hydrogen) atoms. The van der Waals surface area contributed by atoms with Gasteiger partial charge in [-0.1, -0.05) is 92.4 Å². The SMILES string of the molecule is C=C(/C=C\C(=C/CC)c1ccc(I)c(OC)c1)c1ccc(C(=O)c2ccccc2)cc1. The highest BCUT2D eigenvalue weighted by Crippen LogP contribution is 2.27. The van der Waals surface area contributed by atoms with E-state index < -0.39 is 0 Å². The fourth-order valence-corrected chi connectivity index (χ4v) is 3.78. The van der Waals surface area contributed by atoms with Crippen LogP contribution < -0.4 is 4.74 Å². The summed E-state index contributed by atoms with van der Waals surface area (Å²) in [7, 11) is 1.69. The Morgan fingerprint density at radius 1 is 0.903 bits per heavy atom. The largest absolute Gasteiger partial charge is 0.496 e. The van der Waals surface area contributed by atoms with Crippen LogP contribution in [0.2, 0.25) is 0 Å². The fourth-order valence-electron chi connectivity index (χ4n) is 3.22. The lowest BCUT2D eigenvalue weighted by molar-refractivity contribution is 0.103. The van der Waals surface area contributed by atoms with Crippen LogP contribution >= 0.6 is 22.6 Å². The van der Waals surface area contributed by atoms with Crippen LogP contribution in [0.25, 0.3) is 11.1 Å². The van der Waals surface area contributed by atoms with Gasteiger partial charge in [-0.05, 0) is 63.4 Å². The van der Waals surface area contributed by atoms with Gasteiger partial charge in [0.15, 0.2) is 5.78 Å². The molecule has 0 saturated heterocycles. The van der Waals surface area contributed by atoms with Crippen LogP contribution in [0.1, 0.15) is 40.4 Å². The molecule has 2 nitrogen and oxygen atoms in total. The number of carbonyl (C=O) groups is 1. The monoisotopic (exact) mass is 520 g/mol. The second-order valence-corrected chi connectivity index (χ2v) is 8.21. The van der Waals surface area contributed by atoms with Gasteiger partial charge in [-0.3, -0.25) is 4.79 Å². The molecular weight excluding hydrogens is 495 g/mol. The summed E-state index contributed by atoms with van der Waals surface area (Å²) in [5.41, 5.74) is 5.46. The van der Waals surface area contributed by atoms with Gasteiger partial charge in [-0.2, -0.15) is 0 Å². The average Bonchev–Trinajstić information content (AvgIpc) is 2.82. The quantitative estimate of drug-likeness (QED) is 0.174. The van der Waals surface area contributed by atoms with E-state index in [4.69, 9.17) is 4.74 Å². The molecule has 3 aromatic carbocycles. The molecule has 0 amide bonds. The normalized spacial score (nSPS) is 11.5. The molecule has 0 aliphatic heterocycles. The van der Waals surface area contributed by atoms with E-state index >= 15 is 0 Å². The molecule has 0 N–H and O–H groups in total. The molecule has 0 unspecified atom stereocenters. The lowest BCUT2D eigenvalue weighted by Crippen LogP contribution is -2.00. The number of halogens is 1. The maximum atomic E-state index is 12.6. The van der Waals surface area contributed by atoms with Crippen molar-refractivity contribution in [3.63, 3.8) is 0 Å². The van der Waals surface area contributed by atoms with Crippen LogP contribution in [0.4, 0.5) is 0 Å². The Labute approximate surface area is 198 Å². The van der Waals surface area contributed by atoms with Crippen molar-refractivity contribution in [3.8, 4) is 5.75 Å². The number of ether oxygens (including phenoxy) is 1. The smallest absolute Gasteiger partial charge is 0.193 e. The standard InChI is InChI=1S/C28H25IO2/c1-4-8-22(25-17-18-26(29)27(19-25)31-3)12-11-20(2)21-13-15-24(16-14-21)28(30)23-9-6-5-7-10-23/h5-19H,2,4H2,1,3H3/b12-11-,22-8+. The van der Waals surface area contributed by atoms with Crippen molar-refractivity contribution in [1.82, 2.24) is 0 Å². The van der Waals surface area contributed by atoms with E-state index in [9.17, 15) is 4.79 Å². The summed E-state index contributed by atoms with van der Waals surface area (Å²) in [6.45, 7) is 6.33. The van der Waals surface area contributed by atoms with Crippen molar-refractivity contribution in [1.29, 1.82) is 0 Å². The van der Waals surface area contributed by atoms with Gasteiger partial charge >= 0.3 is 0 Å². The van der Waals surface area contributed by atoms with E-state index in [1.165, 1.54) is 0 Å². The van der Waals surface area contributed by atoms with Gasteiger partial charge in [-0.15, -0.1) is 0 Å². The Bertz CT molecular complexity index is 1120. The molecule has 3 heteroatoms. The van der Waals surface area contributed by atoms with Crippen molar-refractivity contribution in [3.05, 3.63) is 123 Å². The van der Waals surface area contributed by atoms with Crippen molar-refractivity contribution < 1.29 is 9.53 Å². The zero-order valence-electron chi connectivity index (χ0n) is 17.8. The summed E-state index contributed by atoms with van der Waals surface area (Å²) in [5, 5.41) is 0. The van der Waals surface area contributed by atoms with Gasteiger partial charge in [0.1, 0.15) is 5.75 Å². The van der Waals surface area contributed by atoms with E-state index in [2.05, 4.69) is 66.4 Å². The maximum Gasteiger partial charge on any atom is 0.193 e. The minimum Gasteiger partial charge on any atom is -0.496 e. The Morgan fingerprint density at radius 3 is 2.16 bits per heavy atom. The molecule has 0 aliphatic rings. The number of allylic oxidation sites excluding steroid dienone is 5. The van der Waals surface area contributed by atoms with Gasteiger partial charge in [0.25, 0.3) is 0 Å². The lowest BCUT2D eigenvalue weighted by atomic mass is 9.98. The number of hydrogen-bond acceptors (Lipinski definition) is 2. The van der Waals surface area contributed by atoms with Gasteiger partial charge in [-0.25, -0.2) is 0 Å². The molecule has 0 radical (unpaired) electrons. The molecule has 0 aliphatic carbocycles. The summed E-state index contributed by atoms with van der Waals surface area (Å²) >= 11 is 2.27. The molecule has 3 aromatic rings. The highest BCUT2D eigenvalue weighted by Gasteiger charge is 2.09. The molecule has 0 saturated carbocycles. The van der Waals surface area contributed by atoms with E-state index in [0.29, 0.717) is 11.1 Å². The topological polar surface area (TPSA) is 26.3 Å². The molecule has 0 fully saturated rings. The fraction of sp³-hybridized carbons (Fsp3) is 0.107. The minimum atomic E-state index is 0.0223. The van der Waals surface area contributed by atoms with Crippen LogP contribution in [0, 0.1) is 3.57 Å². The minimum absolute atomic E-state index is 0.0223. The van der Waals surface area contributed by atoms with Crippen LogP contribution in [-0.2, 0) is 0 Å². The third-order valence-corrected chi connectivity index (χ3v) is 5.82. The van der Waals surface area contributed by atoms with Gasteiger partial charge in [0, 0.05) is 11.1 Å². The molecule has 0 spiro atoms. The first-order valence-corrected chi connectivity index (χ1v) is 11.2. The van der Waals surface area contributed by atoms with E-state index in [0.717, 1.165) is 38.0 Å². The number of benzene rings is 3. The summed E-state index contributed by atoms with van der Waals surface area (Å²) in [4.78, 5) is 12.6. The summed E-state index contributed by atoms with van der Waals surface area (Å²) < 4.78 is 6.55. The lowest BCUT2D eigenvalue weighted by Gasteiger charge is -2.09. The van der Waals surface area contributed by atoms with E-state index in [1.807, 2.05) is 60.7 Å². The molecule has 156 valence electrons. The van der Waals surface area contributed by atoms with Crippen molar-refractivity contribution in [2.45, 2.75) is 13.3 Å². The van der Waals surface area contributed by atoms with Crippen LogP contribution in [0.3, 0.4) is 0 Å². The Balaban J connectivity index is 1.77. The third-order valence-electron chi connectivity index (χ3n) is 4.93. The van der Waals surface area contributed by atoms with Crippen LogP contribution in [-0.4, -0.2) is 12.9 Å². The third kappa shape index (κ3) is 5.82. The first-order valence-electron chi connectivity index (χ1n) is 10.1. The van der Waals surface area contributed by atoms with E-state index in [-0.39, 0.29) is 5.78 Å². The number of methoxy groups -OCH3 is 1. The van der Waals surface area contributed by atoms with Crippen LogP contribution in [0.5, 0.6) is 5.75 Å². The van der Waals surface area contributed by atoms with E-state index in [1.54, 1.807) is 7.11 Å². The first kappa shape index (κ1) is 22.8. The maximum absolute atomic E-state index is 12.6. The number of hydrogen-bond donors (Lipinski definition) is 0. The summed E-state index contributed by atoms with van der Waals surface area (Å²) in [5.74, 6) is 0.889. The molecule has 3 rings (SSSR count). The first-order chi connectivity index (χ1) is 15.0. The molecular formula is C28H25IO2. The Morgan fingerprint density at radius 2 is 1.52 bits per heavy atom. The highest BCUT2D eigenvalue weighted by atomic mass is 127. The van der Waals surface area contributed by atoms with Gasteiger partial charge in [0.2, 0.25) is 0 Å². The number of ketones is 1. The van der Waals surface area contributed by atoms with Crippen LogP contribution in [0.15, 0.2) is 97.6 Å². The Kier molecular flexibility index (Phi) is 8.01. The number of rotatable bonds is 8. The van der Waals surface area contributed by atoms with Gasteiger partial charge < -0.3 is 4.74 Å². The zero-order valence-corrected chi connectivity index (χ0v) is 19.9. The molecule has 0 atom stereocenters. The van der Waals surface area contributed by atoms with Gasteiger partial charge in [0.05, 0.1) is 10.7 Å². The Hall–Kier alpha value is -2.92. The van der Waals surface area contributed by atoms with Crippen molar-refractivity contribution in [2.75, 3.05) is 7.11 Å². The second-order valence-electron chi connectivity index (χ2n) is 7.05. The molecule has 0 aromatic heterocycles. The predicted molar refractivity (Wildman–Crippen MR) is 138 cm³/mol. The van der Waals surface area contributed by atoms with Crippen molar-refractivity contribution in [2.24, 2.45) is 0 Å². The molecule has 0 heterocycles. The highest BCUT2D eigenvalue weighted by molar-refractivity contribution is 14.1. The summed E-state index contributed by atoms with van der Waals surface area (Å²) in [6.07, 6.45) is 7.21. The average molecular weight is 520 g/mol. The molecule has 0 bridgehead atoms. The van der Waals surface area contributed by atoms with Crippen molar-refractivity contribution >= 4 is 39.5 Å². The second kappa shape index (κ2) is 10.9.